The standard InChI is InChI=1S/C9H16N2O/c1-8(2)7-11-5-4-10-9(11)3-6-12/h4-5,8,12H,3,6-7H2,1-2H3. The van der Waals surface area contributed by atoms with Crippen molar-refractivity contribution in [1.82, 2.24) is 9.55 Å². The van der Waals surface area contributed by atoms with E-state index in [-0.39, 0.29) is 6.61 Å². The number of aromatic nitrogens is 2. The van der Waals surface area contributed by atoms with Crippen molar-refractivity contribution >= 4 is 0 Å². The van der Waals surface area contributed by atoms with Crippen LogP contribution in [0.1, 0.15) is 19.7 Å². The average Bonchev–Trinajstić information content (AvgIpc) is 2.37. The van der Waals surface area contributed by atoms with Crippen LogP contribution in [0.3, 0.4) is 0 Å². The quantitative estimate of drug-likeness (QED) is 0.730. The second kappa shape index (κ2) is 4.26. The van der Waals surface area contributed by atoms with Gasteiger partial charge in [-0.15, -0.1) is 0 Å². The summed E-state index contributed by atoms with van der Waals surface area (Å²) in [6.45, 7) is 5.50. The summed E-state index contributed by atoms with van der Waals surface area (Å²) >= 11 is 0. The Hall–Kier alpha value is -0.830. The molecule has 0 bridgehead atoms. The van der Waals surface area contributed by atoms with Gasteiger partial charge in [0.1, 0.15) is 5.82 Å². The van der Waals surface area contributed by atoms with Crippen molar-refractivity contribution in [2.24, 2.45) is 5.92 Å². The van der Waals surface area contributed by atoms with E-state index < -0.39 is 0 Å². The molecule has 0 aliphatic carbocycles. The summed E-state index contributed by atoms with van der Waals surface area (Å²) in [5, 5.41) is 8.74. The van der Waals surface area contributed by atoms with E-state index in [9.17, 15) is 0 Å². The molecule has 0 aromatic carbocycles. The van der Waals surface area contributed by atoms with Gasteiger partial charge in [0.25, 0.3) is 0 Å². The van der Waals surface area contributed by atoms with Crippen LogP contribution in [0.5, 0.6) is 0 Å². The monoisotopic (exact) mass is 168 g/mol. The largest absolute Gasteiger partial charge is 0.396 e. The van der Waals surface area contributed by atoms with E-state index in [0.717, 1.165) is 12.4 Å². The maximum absolute atomic E-state index is 8.74. The van der Waals surface area contributed by atoms with Crippen molar-refractivity contribution in [2.75, 3.05) is 6.61 Å². The summed E-state index contributed by atoms with van der Waals surface area (Å²) < 4.78 is 2.10. The highest BCUT2D eigenvalue weighted by molar-refractivity contribution is 4.92. The smallest absolute Gasteiger partial charge is 0.110 e. The van der Waals surface area contributed by atoms with E-state index in [1.54, 1.807) is 6.20 Å². The molecule has 3 nitrogen and oxygen atoms in total. The lowest BCUT2D eigenvalue weighted by Crippen LogP contribution is -2.08. The Morgan fingerprint density at radius 1 is 1.58 bits per heavy atom. The minimum Gasteiger partial charge on any atom is -0.396 e. The van der Waals surface area contributed by atoms with E-state index in [4.69, 9.17) is 5.11 Å². The first kappa shape index (κ1) is 9.26. The Morgan fingerprint density at radius 3 is 2.92 bits per heavy atom. The van der Waals surface area contributed by atoms with Crippen LogP contribution in [0.2, 0.25) is 0 Å². The molecule has 0 atom stereocenters. The molecular formula is C9H16N2O. The van der Waals surface area contributed by atoms with Gasteiger partial charge in [0.05, 0.1) is 6.61 Å². The van der Waals surface area contributed by atoms with Gasteiger partial charge in [-0.25, -0.2) is 4.98 Å². The van der Waals surface area contributed by atoms with Crippen LogP contribution in [-0.2, 0) is 13.0 Å². The Labute approximate surface area is 73.1 Å². The lowest BCUT2D eigenvalue weighted by molar-refractivity contribution is 0.293. The second-order valence-electron chi connectivity index (χ2n) is 3.36. The van der Waals surface area contributed by atoms with Crippen molar-refractivity contribution in [1.29, 1.82) is 0 Å². The fourth-order valence-electron chi connectivity index (χ4n) is 1.23. The summed E-state index contributed by atoms with van der Waals surface area (Å²) in [5.41, 5.74) is 0. The molecule has 0 saturated carbocycles. The zero-order valence-corrected chi connectivity index (χ0v) is 7.70. The second-order valence-corrected chi connectivity index (χ2v) is 3.36. The zero-order valence-electron chi connectivity index (χ0n) is 7.70. The number of hydrogen-bond donors (Lipinski definition) is 1. The Kier molecular flexibility index (Phi) is 3.29. The third-order valence-corrected chi connectivity index (χ3v) is 1.70. The molecule has 68 valence electrons. The number of aliphatic hydroxyl groups excluding tert-OH is 1. The molecular weight excluding hydrogens is 152 g/mol. The van der Waals surface area contributed by atoms with Crippen LogP contribution in [0.15, 0.2) is 12.4 Å². The highest BCUT2D eigenvalue weighted by Crippen LogP contribution is 2.03. The Bertz CT molecular complexity index is 230. The lowest BCUT2D eigenvalue weighted by atomic mass is 10.2. The van der Waals surface area contributed by atoms with Gasteiger partial charge >= 0.3 is 0 Å². The highest BCUT2D eigenvalue weighted by Gasteiger charge is 2.02. The Morgan fingerprint density at radius 2 is 2.33 bits per heavy atom. The number of rotatable bonds is 4. The summed E-state index contributed by atoms with van der Waals surface area (Å²) in [6, 6.07) is 0. The van der Waals surface area contributed by atoms with Gasteiger partial charge in [0.2, 0.25) is 0 Å². The van der Waals surface area contributed by atoms with Gasteiger partial charge in [-0.3, -0.25) is 0 Å². The number of aliphatic hydroxyl groups is 1. The summed E-state index contributed by atoms with van der Waals surface area (Å²) in [7, 11) is 0. The molecule has 1 rings (SSSR count). The van der Waals surface area contributed by atoms with Gasteiger partial charge in [0, 0.05) is 25.4 Å². The van der Waals surface area contributed by atoms with Crippen molar-refractivity contribution < 1.29 is 5.11 Å². The molecule has 0 fully saturated rings. The molecule has 0 saturated heterocycles. The fourth-order valence-corrected chi connectivity index (χ4v) is 1.23. The maximum Gasteiger partial charge on any atom is 0.110 e. The van der Waals surface area contributed by atoms with Crippen LogP contribution in [0.4, 0.5) is 0 Å². The molecule has 0 amide bonds. The third kappa shape index (κ3) is 2.34. The van der Waals surface area contributed by atoms with Gasteiger partial charge < -0.3 is 9.67 Å². The maximum atomic E-state index is 8.74. The zero-order chi connectivity index (χ0) is 8.97. The molecule has 3 heteroatoms. The molecule has 0 unspecified atom stereocenters. The predicted octanol–water partition coefficient (Wildman–Crippen LogP) is 1.07. The average molecular weight is 168 g/mol. The van der Waals surface area contributed by atoms with Crippen LogP contribution in [0.25, 0.3) is 0 Å². The van der Waals surface area contributed by atoms with Crippen molar-refractivity contribution in [2.45, 2.75) is 26.8 Å². The van der Waals surface area contributed by atoms with E-state index in [2.05, 4.69) is 23.4 Å². The van der Waals surface area contributed by atoms with Crippen LogP contribution in [0, 0.1) is 5.92 Å². The first-order chi connectivity index (χ1) is 5.74. The fraction of sp³-hybridized carbons (Fsp3) is 0.667. The molecule has 0 radical (unpaired) electrons. The van der Waals surface area contributed by atoms with Crippen molar-refractivity contribution in [3.8, 4) is 0 Å². The number of imidazole rings is 1. The van der Waals surface area contributed by atoms with Crippen LogP contribution >= 0.6 is 0 Å². The van der Waals surface area contributed by atoms with Crippen molar-refractivity contribution in [3.05, 3.63) is 18.2 Å². The summed E-state index contributed by atoms with van der Waals surface area (Å²) in [5.74, 6) is 1.60. The minimum absolute atomic E-state index is 0.176. The van der Waals surface area contributed by atoms with Gasteiger partial charge in [-0.2, -0.15) is 0 Å². The van der Waals surface area contributed by atoms with E-state index in [1.807, 2.05) is 6.20 Å². The first-order valence-electron chi connectivity index (χ1n) is 4.35. The molecule has 12 heavy (non-hydrogen) atoms. The van der Waals surface area contributed by atoms with Gasteiger partial charge in [0.15, 0.2) is 0 Å². The summed E-state index contributed by atoms with van der Waals surface area (Å²) in [6.07, 6.45) is 4.40. The van der Waals surface area contributed by atoms with E-state index in [1.165, 1.54) is 0 Å². The van der Waals surface area contributed by atoms with E-state index >= 15 is 0 Å². The van der Waals surface area contributed by atoms with E-state index in [0.29, 0.717) is 12.3 Å². The van der Waals surface area contributed by atoms with Gasteiger partial charge in [-0.1, -0.05) is 13.8 Å². The minimum atomic E-state index is 0.176. The number of nitrogens with zero attached hydrogens (tertiary/aromatic N) is 2. The predicted molar refractivity (Wildman–Crippen MR) is 47.9 cm³/mol. The molecule has 0 aliphatic rings. The topological polar surface area (TPSA) is 38.0 Å². The molecule has 1 N–H and O–H groups in total. The number of hydrogen-bond acceptors (Lipinski definition) is 2. The Balaban J connectivity index is 2.63. The van der Waals surface area contributed by atoms with Gasteiger partial charge in [-0.05, 0) is 5.92 Å². The first-order valence-corrected chi connectivity index (χ1v) is 4.35. The van der Waals surface area contributed by atoms with Crippen LogP contribution < -0.4 is 0 Å². The SMILES string of the molecule is CC(C)Cn1ccnc1CCO. The highest BCUT2D eigenvalue weighted by atomic mass is 16.3. The molecule has 1 aromatic heterocycles. The molecule has 0 aliphatic heterocycles. The molecule has 1 aromatic rings. The van der Waals surface area contributed by atoms with Crippen LogP contribution in [-0.4, -0.2) is 21.3 Å². The normalized spacial score (nSPS) is 11.0. The van der Waals surface area contributed by atoms with Crippen molar-refractivity contribution in [3.63, 3.8) is 0 Å². The summed E-state index contributed by atoms with van der Waals surface area (Å²) in [4.78, 5) is 4.16. The third-order valence-electron chi connectivity index (χ3n) is 1.70. The molecule has 1 heterocycles. The molecule has 0 spiro atoms. The lowest BCUT2D eigenvalue weighted by Gasteiger charge is -2.08.